The van der Waals surface area contributed by atoms with E-state index >= 15 is 0 Å². The number of ether oxygens (including phenoxy) is 4. The van der Waals surface area contributed by atoms with Crippen LogP contribution in [-0.2, 0) is 17.8 Å². The maximum atomic E-state index is 13.4. The topological polar surface area (TPSA) is 60.5 Å². The molecule has 1 fully saturated rings. The van der Waals surface area contributed by atoms with Gasteiger partial charge in [0.15, 0.2) is 16.6 Å². The minimum absolute atomic E-state index is 0.0815. The van der Waals surface area contributed by atoms with Crippen LogP contribution in [0.15, 0.2) is 30.3 Å². The first-order valence-electron chi connectivity index (χ1n) is 9.12. The van der Waals surface area contributed by atoms with Crippen LogP contribution in [0.1, 0.15) is 11.1 Å². The highest BCUT2D eigenvalue weighted by atomic mass is 32.1. The molecule has 0 spiro atoms. The standard InChI is InChI=1S/C21H22N2O5S/c1-25-14-5-6-17(26-2)15(10-14)23-20(24)16-7-12-8-18(27-3)19(28-4)9-13(12)11-22(16)21(23)29/h5-6,8-10,16H,7,11H2,1-4H3/t16-/m0/s1. The lowest BCUT2D eigenvalue weighted by molar-refractivity contribution is -0.120. The number of nitrogens with zero attached hydrogens (tertiary/aromatic N) is 2. The highest BCUT2D eigenvalue weighted by molar-refractivity contribution is 7.80. The molecule has 0 N–H and O–H groups in total. The van der Waals surface area contributed by atoms with Crippen molar-refractivity contribution in [1.29, 1.82) is 0 Å². The van der Waals surface area contributed by atoms with E-state index in [1.165, 1.54) is 0 Å². The van der Waals surface area contributed by atoms with Gasteiger partial charge in [-0.25, -0.2) is 0 Å². The lowest BCUT2D eigenvalue weighted by atomic mass is 9.94. The Bertz CT molecular complexity index is 942. The molecule has 0 radical (unpaired) electrons. The Hall–Kier alpha value is -3.00. The molecule has 4 rings (SSSR count). The lowest BCUT2D eigenvalue weighted by Gasteiger charge is -2.31. The number of thiocarbonyl (C=S) groups is 1. The molecule has 8 heteroatoms. The Balaban J connectivity index is 1.73. The van der Waals surface area contributed by atoms with Crippen LogP contribution in [0.5, 0.6) is 23.0 Å². The molecular formula is C21H22N2O5S. The summed E-state index contributed by atoms with van der Waals surface area (Å²) in [4.78, 5) is 16.8. The van der Waals surface area contributed by atoms with Crippen molar-refractivity contribution in [2.45, 2.75) is 19.0 Å². The molecule has 2 aromatic rings. The molecule has 7 nitrogen and oxygen atoms in total. The molecule has 2 heterocycles. The van der Waals surface area contributed by atoms with Crippen LogP contribution in [0.25, 0.3) is 0 Å². The van der Waals surface area contributed by atoms with Crippen LogP contribution < -0.4 is 23.8 Å². The molecule has 1 atom stereocenters. The number of carbonyl (C=O) groups excluding carboxylic acids is 1. The molecule has 0 unspecified atom stereocenters. The van der Waals surface area contributed by atoms with Crippen molar-refractivity contribution < 1.29 is 23.7 Å². The Morgan fingerprint density at radius 3 is 2.17 bits per heavy atom. The van der Waals surface area contributed by atoms with Gasteiger partial charge in [-0.1, -0.05) is 0 Å². The lowest BCUT2D eigenvalue weighted by Crippen LogP contribution is -2.40. The van der Waals surface area contributed by atoms with Crippen molar-refractivity contribution in [1.82, 2.24) is 4.90 Å². The average molecular weight is 414 g/mol. The van der Waals surface area contributed by atoms with Crippen molar-refractivity contribution in [2.24, 2.45) is 0 Å². The van der Waals surface area contributed by atoms with Crippen molar-refractivity contribution in [3.63, 3.8) is 0 Å². The molecule has 2 aromatic carbocycles. The number of hydrogen-bond acceptors (Lipinski definition) is 6. The highest BCUT2D eigenvalue weighted by Crippen LogP contribution is 2.41. The summed E-state index contributed by atoms with van der Waals surface area (Å²) in [6.45, 7) is 0.522. The van der Waals surface area contributed by atoms with Gasteiger partial charge < -0.3 is 23.8 Å². The SMILES string of the molecule is COc1ccc(OC)c(N2C(=O)[C@@H]3Cc4cc(OC)c(OC)cc4CN3C2=S)c1. The summed E-state index contributed by atoms with van der Waals surface area (Å²) in [6.07, 6.45) is 0.539. The largest absolute Gasteiger partial charge is 0.497 e. The normalized spacial score (nSPS) is 17.7. The Labute approximate surface area is 174 Å². The van der Waals surface area contributed by atoms with Crippen LogP contribution in [0, 0.1) is 0 Å². The third-order valence-electron chi connectivity index (χ3n) is 5.41. The summed E-state index contributed by atoms with van der Waals surface area (Å²) in [5.41, 5.74) is 2.70. The second kappa shape index (κ2) is 7.44. The fraction of sp³-hybridized carbons (Fsp3) is 0.333. The van der Waals surface area contributed by atoms with Crippen LogP contribution >= 0.6 is 12.2 Å². The minimum atomic E-state index is -0.371. The first kappa shape index (κ1) is 19.3. The van der Waals surface area contributed by atoms with Crippen molar-refractivity contribution in [3.05, 3.63) is 41.5 Å². The predicted molar refractivity (Wildman–Crippen MR) is 112 cm³/mol. The quantitative estimate of drug-likeness (QED) is 0.697. The van der Waals surface area contributed by atoms with Crippen LogP contribution in [-0.4, -0.2) is 50.4 Å². The Morgan fingerprint density at radius 1 is 0.897 bits per heavy atom. The van der Waals surface area contributed by atoms with Crippen molar-refractivity contribution in [2.75, 3.05) is 33.3 Å². The minimum Gasteiger partial charge on any atom is -0.497 e. The molecule has 2 aliphatic heterocycles. The number of anilines is 1. The van der Waals surface area contributed by atoms with Gasteiger partial charge in [0, 0.05) is 19.0 Å². The van der Waals surface area contributed by atoms with Gasteiger partial charge in [-0.15, -0.1) is 0 Å². The summed E-state index contributed by atoms with van der Waals surface area (Å²) in [5, 5.41) is 0.451. The van der Waals surface area contributed by atoms with Gasteiger partial charge in [0.1, 0.15) is 17.5 Å². The molecule has 0 saturated carbocycles. The predicted octanol–water partition coefficient (Wildman–Crippen LogP) is 2.78. The fourth-order valence-electron chi connectivity index (χ4n) is 3.90. The van der Waals surface area contributed by atoms with Gasteiger partial charge in [0.25, 0.3) is 5.91 Å². The van der Waals surface area contributed by atoms with Gasteiger partial charge >= 0.3 is 0 Å². The van der Waals surface area contributed by atoms with Crippen molar-refractivity contribution >= 4 is 28.9 Å². The summed E-state index contributed by atoms with van der Waals surface area (Å²) in [7, 11) is 6.36. The zero-order valence-corrected chi connectivity index (χ0v) is 17.5. The van der Waals surface area contributed by atoms with E-state index in [2.05, 4.69) is 0 Å². The van der Waals surface area contributed by atoms with Gasteiger partial charge in [0.2, 0.25) is 0 Å². The molecule has 0 aliphatic carbocycles. The van der Waals surface area contributed by atoms with Gasteiger partial charge in [-0.05, 0) is 47.6 Å². The average Bonchev–Trinajstić information content (AvgIpc) is 2.99. The first-order chi connectivity index (χ1) is 14.0. The number of carbonyl (C=O) groups is 1. The molecule has 0 aromatic heterocycles. The van der Waals surface area contributed by atoms with E-state index in [1.54, 1.807) is 51.5 Å². The molecule has 1 saturated heterocycles. The summed E-state index contributed by atoms with van der Waals surface area (Å²) >= 11 is 5.70. The zero-order valence-electron chi connectivity index (χ0n) is 16.7. The van der Waals surface area contributed by atoms with E-state index in [-0.39, 0.29) is 11.9 Å². The number of amides is 1. The summed E-state index contributed by atoms with van der Waals surface area (Å²) in [6, 6.07) is 8.84. The van der Waals surface area contributed by atoms with E-state index in [4.69, 9.17) is 31.2 Å². The van der Waals surface area contributed by atoms with E-state index < -0.39 is 0 Å². The Kier molecular flexibility index (Phi) is 4.96. The fourth-order valence-corrected chi connectivity index (χ4v) is 4.28. The third kappa shape index (κ3) is 3.04. The monoisotopic (exact) mass is 414 g/mol. The number of methoxy groups -OCH3 is 4. The van der Waals surface area contributed by atoms with Gasteiger partial charge in [-0.2, -0.15) is 0 Å². The number of rotatable bonds is 5. The molecular weight excluding hydrogens is 392 g/mol. The van der Waals surface area contributed by atoms with Crippen molar-refractivity contribution in [3.8, 4) is 23.0 Å². The number of hydrogen-bond donors (Lipinski definition) is 0. The van der Waals surface area contributed by atoms with Gasteiger partial charge in [-0.3, -0.25) is 9.69 Å². The zero-order chi connectivity index (χ0) is 20.7. The van der Waals surface area contributed by atoms with E-state index in [9.17, 15) is 4.79 Å². The molecule has 0 bridgehead atoms. The maximum absolute atomic E-state index is 13.4. The second-order valence-electron chi connectivity index (χ2n) is 6.82. The van der Waals surface area contributed by atoms with Crippen LogP contribution in [0.2, 0.25) is 0 Å². The first-order valence-corrected chi connectivity index (χ1v) is 9.53. The second-order valence-corrected chi connectivity index (χ2v) is 7.18. The van der Waals surface area contributed by atoms with Gasteiger partial charge in [0.05, 0.1) is 34.1 Å². The Morgan fingerprint density at radius 2 is 1.55 bits per heavy atom. The highest BCUT2D eigenvalue weighted by Gasteiger charge is 2.46. The van der Waals surface area contributed by atoms with E-state index in [0.29, 0.717) is 46.8 Å². The van der Waals surface area contributed by atoms with Crippen LogP contribution in [0.3, 0.4) is 0 Å². The van der Waals surface area contributed by atoms with Crippen LogP contribution in [0.4, 0.5) is 5.69 Å². The third-order valence-corrected chi connectivity index (χ3v) is 5.82. The van der Waals surface area contributed by atoms with E-state index in [1.807, 2.05) is 17.0 Å². The smallest absolute Gasteiger partial charge is 0.256 e. The number of fused-ring (bicyclic) bond motifs is 2. The van der Waals surface area contributed by atoms with E-state index in [0.717, 1.165) is 11.1 Å². The molecule has 2 aliphatic rings. The maximum Gasteiger partial charge on any atom is 0.256 e. The molecule has 152 valence electrons. The summed E-state index contributed by atoms with van der Waals surface area (Å²) < 4.78 is 21.6. The number of benzene rings is 2. The molecule has 1 amide bonds. The molecule has 29 heavy (non-hydrogen) atoms. The summed E-state index contributed by atoms with van der Waals surface area (Å²) in [5.74, 6) is 2.41.